The molecule has 1 aliphatic heterocycles. The molecule has 0 saturated heterocycles. The summed E-state index contributed by atoms with van der Waals surface area (Å²) < 4.78 is 4.98. The summed E-state index contributed by atoms with van der Waals surface area (Å²) in [7, 11) is 0. The molecule has 2 rings (SSSR count). The largest absolute Gasteiger partial charge is 0.461 e. The van der Waals surface area contributed by atoms with E-state index in [0.29, 0.717) is 18.0 Å². The van der Waals surface area contributed by atoms with Crippen LogP contribution in [-0.2, 0) is 4.79 Å². The number of ketones is 2. The minimum atomic E-state index is -0.162. The summed E-state index contributed by atoms with van der Waals surface area (Å²) in [6.07, 6.45) is 8.90. The maximum Gasteiger partial charge on any atom is 0.198 e. The fourth-order valence-corrected chi connectivity index (χ4v) is 1.59. The molecule has 0 saturated carbocycles. The van der Waals surface area contributed by atoms with E-state index in [1.54, 1.807) is 24.3 Å². The fraction of sp³-hybridized carbons (Fsp3) is 0.214. The molecule has 1 aromatic rings. The van der Waals surface area contributed by atoms with Gasteiger partial charge < -0.3 is 4.42 Å². The van der Waals surface area contributed by atoms with Crippen LogP contribution in [0.3, 0.4) is 0 Å². The third-order valence-corrected chi connectivity index (χ3v) is 2.53. The van der Waals surface area contributed by atoms with E-state index in [2.05, 4.69) is 4.99 Å². The van der Waals surface area contributed by atoms with Crippen molar-refractivity contribution in [2.45, 2.75) is 12.8 Å². The van der Waals surface area contributed by atoms with Gasteiger partial charge in [-0.05, 0) is 18.2 Å². The minimum absolute atomic E-state index is 0.116. The van der Waals surface area contributed by atoms with Crippen molar-refractivity contribution in [3.05, 3.63) is 48.5 Å². The van der Waals surface area contributed by atoms with Gasteiger partial charge in [-0.15, -0.1) is 0 Å². The monoisotopic (exact) mass is 243 g/mol. The van der Waals surface area contributed by atoms with Crippen LogP contribution < -0.4 is 0 Å². The molecule has 0 amide bonds. The molecule has 1 aliphatic rings. The van der Waals surface area contributed by atoms with E-state index in [-0.39, 0.29) is 24.4 Å². The molecule has 4 nitrogen and oxygen atoms in total. The third kappa shape index (κ3) is 3.13. The summed E-state index contributed by atoms with van der Waals surface area (Å²) in [5.74, 6) is 0.0161. The van der Waals surface area contributed by atoms with Gasteiger partial charge >= 0.3 is 0 Å². The highest BCUT2D eigenvalue weighted by Crippen LogP contribution is 2.07. The van der Waals surface area contributed by atoms with Gasteiger partial charge in [-0.2, -0.15) is 0 Å². The van der Waals surface area contributed by atoms with Crippen LogP contribution >= 0.6 is 0 Å². The van der Waals surface area contributed by atoms with E-state index >= 15 is 0 Å². The zero-order valence-electron chi connectivity index (χ0n) is 9.83. The maximum absolute atomic E-state index is 11.8. The number of allylic oxidation sites excluding steroid dienone is 3. The Kier molecular flexibility index (Phi) is 4.02. The smallest absolute Gasteiger partial charge is 0.198 e. The fourth-order valence-electron chi connectivity index (χ4n) is 1.59. The second kappa shape index (κ2) is 5.91. The van der Waals surface area contributed by atoms with Crippen LogP contribution in [-0.4, -0.2) is 23.8 Å². The Labute approximate surface area is 105 Å². The van der Waals surface area contributed by atoms with Gasteiger partial charge in [0.2, 0.25) is 0 Å². The molecular formula is C14H13NO3. The summed E-state index contributed by atoms with van der Waals surface area (Å²) >= 11 is 0. The number of furan rings is 1. The van der Waals surface area contributed by atoms with Crippen molar-refractivity contribution < 1.29 is 14.0 Å². The SMILES string of the molecule is O=C(CCC(=O)c1ccco1)C1=NCC=CC=C1. The van der Waals surface area contributed by atoms with Gasteiger partial charge in [0.1, 0.15) is 5.71 Å². The highest BCUT2D eigenvalue weighted by atomic mass is 16.3. The zero-order valence-corrected chi connectivity index (χ0v) is 9.83. The normalized spacial score (nSPS) is 14.1. The molecule has 0 bridgehead atoms. The third-order valence-electron chi connectivity index (χ3n) is 2.53. The van der Waals surface area contributed by atoms with E-state index in [0.717, 1.165) is 0 Å². The van der Waals surface area contributed by atoms with Crippen LogP contribution in [0.25, 0.3) is 0 Å². The van der Waals surface area contributed by atoms with Gasteiger partial charge in [-0.25, -0.2) is 0 Å². The van der Waals surface area contributed by atoms with Gasteiger partial charge in [-0.1, -0.05) is 18.2 Å². The summed E-state index contributed by atoms with van der Waals surface area (Å²) in [5.41, 5.74) is 0.423. The summed E-state index contributed by atoms with van der Waals surface area (Å²) in [5, 5.41) is 0. The van der Waals surface area contributed by atoms with E-state index < -0.39 is 0 Å². The van der Waals surface area contributed by atoms with E-state index in [9.17, 15) is 9.59 Å². The first kappa shape index (κ1) is 12.2. The van der Waals surface area contributed by atoms with Crippen molar-refractivity contribution in [1.29, 1.82) is 0 Å². The lowest BCUT2D eigenvalue weighted by atomic mass is 10.1. The average Bonchev–Trinajstić information content (AvgIpc) is 2.78. The Morgan fingerprint density at radius 1 is 1.22 bits per heavy atom. The van der Waals surface area contributed by atoms with Crippen LogP contribution in [0.1, 0.15) is 23.4 Å². The Morgan fingerprint density at radius 3 is 2.83 bits per heavy atom. The summed E-state index contributed by atoms with van der Waals surface area (Å²) in [6.45, 7) is 0.500. The molecule has 2 heterocycles. The molecule has 1 aromatic heterocycles. The quantitative estimate of drug-likeness (QED) is 0.746. The molecule has 0 N–H and O–H groups in total. The first-order chi connectivity index (χ1) is 8.77. The average molecular weight is 243 g/mol. The number of carbonyl (C=O) groups is 2. The highest BCUT2D eigenvalue weighted by molar-refractivity contribution is 6.44. The molecule has 0 spiro atoms. The first-order valence-corrected chi connectivity index (χ1v) is 5.75. The number of hydrogen-bond donors (Lipinski definition) is 0. The van der Waals surface area contributed by atoms with Crippen LogP contribution in [0.2, 0.25) is 0 Å². The Balaban J connectivity index is 1.89. The van der Waals surface area contributed by atoms with E-state index in [1.807, 2.05) is 12.2 Å². The van der Waals surface area contributed by atoms with Gasteiger partial charge in [0.05, 0.1) is 12.8 Å². The lowest BCUT2D eigenvalue weighted by Crippen LogP contribution is -2.13. The van der Waals surface area contributed by atoms with Gasteiger partial charge in [-0.3, -0.25) is 14.6 Å². The number of Topliss-reactive ketones (excluding diaryl/α,β-unsaturated/α-hetero) is 2. The predicted octanol–water partition coefficient (Wildman–Crippen LogP) is 2.38. The predicted molar refractivity (Wildman–Crippen MR) is 67.9 cm³/mol. The minimum Gasteiger partial charge on any atom is -0.461 e. The van der Waals surface area contributed by atoms with Crippen molar-refractivity contribution in [2.24, 2.45) is 4.99 Å². The van der Waals surface area contributed by atoms with Crippen LogP contribution in [0.4, 0.5) is 0 Å². The van der Waals surface area contributed by atoms with Crippen molar-refractivity contribution in [1.82, 2.24) is 0 Å². The standard InChI is InChI=1S/C14H13NO3/c16-12(11-5-2-1-3-9-15-11)7-8-13(17)14-6-4-10-18-14/h1-6,10H,7-9H2. The van der Waals surface area contributed by atoms with E-state index in [4.69, 9.17) is 4.42 Å². The molecule has 0 fully saturated rings. The molecule has 0 aliphatic carbocycles. The maximum atomic E-state index is 11.8. The number of hydrogen-bond acceptors (Lipinski definition) is 4. The molecular weight excluding hydrogens is 230 g/mol. The number of nitrogens with zero attached hydrogens (tertiary/aromatic N) is 1. The molecule has 4 heteroatoms. The lowest BCUT2D eigenvalue weighted by Gasteiger charge is -1.99. The van der Waals surface area contributed by atoms with Gasteiger partial charge in [0.15, 0.2) is 17.3 Å². The molecule has 92 valence electrons. The van der Waals surface area contributed by atoms with Crippen molar-refractivity contribution >= 4 is 17.3 Å². The molecule has 0 atom stereocenters. The second-order valence-electron chi connectivity index (χ2n) is 3.84. The summed E-state index contributed by atoms with van der Waals surface area (Å²) in [6, 6.07) is 3.25. The van der Waals surface area contributed by atoms with Crippen LogP contribution in [0.15, 0.2) is 52.1 Å². The van der Waals surface area contributed by atoms with Gasteiger partial charge in [0.25, 0.3) is 0 Å². The Morgan fingerprint density at radius 2 is 2.06 bits per heavy atom. The second-order valence-corrected chi connectivity index (χ2v) is 3.84. The van der Waals surface area contributed by atoms with Crippen molar-refractivity contribution in [2.75, 3.05) is 6.54 Å². The van der Waals surface area contributed by atoms with Crippen molar-refractivity contribution in [3.8, 4) is 0 Å². The Hall–Kier alpha value is -2.23. The Bertz CT molecular complexity index is 521. The number of aliphatic imine (C=N–C) groups is 1. The zero-order chi connectivity index (χ0) is 12.8. The summed E-state index contributed by atoms with van der Waals surface area (Å²) in [4.78, 5) is 27.6. The van der Waals surface area contributed by atoms with Gasteiger partial charge in [0, 0.05) is 12.8 Å². The topological polar surface area (TPSA) is 59.6 Å². The van der Waals surface area contributed by atoms with E-state index in [1.165, 1.54) is 6.26 Å². The van der Waals surface area contributed by atoms with Crippen molar-refractivity contribution in [3.63, 3.8) is 0 Å². The molecule has 0 unspecified atom stereocenters. The van der Waals surface area contributed by atoms with Crippen LogP contribution in [0, 0.1) is 0 Å². The molecule has 18 heavy (non-hydrogen) atoms. The number of rotatable bonds is 5. The first-order valence-electron chi connectivity index (χ1n) is 5.75. The highest BCUT2D eigenvalue weighted by Gasteiger charge is 2.14. The lowest BCUT2D eigenvalue weighted by molar-refractivity contribution is -0.112. The molecule has 0 radical (unpaired) electrons. The number of carbonyl (C=O) groups excluding carboxylic acids is 2. The van der Waals surface area contributed by atoms with Crippen LogP contribution in [0.5, 0.6) is 0 Å². The molecule has 0 aromatic carbocycles.